The average Bonchev–Trinajstić information content (AvgIpc) is 1.70. The highest BCUT2D eigenvalue weighted by Gasteiger charge is 2.41. The molecule has 5 N–H and O–H groups in total. The number of piperazine rings is 2. The molecule has 3 saturated heterocycles. The number of benzene rings is 2. The standard InChI is InChI=1S/C60H89ClN8O14S.C31H60N2O8/c1-2-28-76-30-32-78-34-36-80-38-40-82-41-39-81-37-35-79-33-31-77-29-7-8-47(70)15-18-69-56(72)44-54(60(69)75)84-42-17-62-55(71)45-66-22-20-65(21-23-66)19-16-63-58(73)48-9-3-4-10-49(48)59(74)68-26-24-67(25-27-68)57-50-43-46(61)13-14-52(50)83-53-12-6-5-11-51(53)64-57;1-3-4-5-6-7-8-9-10-14-17-30(35)33-29(31(32)36)16-13-11-12-15-28(34)18-19-38-22-23-40-26-27-41-25-24-39-21-20-37-2/h5-6,11-14,43,48-49,54H,2-4,7-10,15-42,44-45H2,1H3,(H,62,71)(H,63,73);29H,3-27H2,1-2H3,(H2,32,36)(H,33,35)/t48?,49-,54?;/m0./s1. The number of carbonyl (C=O) groups is 9. The molecule has 2 aromatic carbocycles. The first-order valence-corrected chi connectivity index (χ1v) is 47.6. The number of Topliss-reactive ketones (excluding diaryl/α,β-unsaturated/α-hetero) is 2. The lowest BCUT2D eigenvalue weighted by Gasteiger charge is -2.40. The van der Waals surface area contributed by atoms with Crippen LogP contribution in [0.2, 0.25) is 5.02 Å². The second kappa shape index (κ2) is 68.7. The minimum absolute atomic E-state index is 0.0341. The quantitative estimate of drug-likeness (QED) is 0.0354. The number of thioether (sulfide) groups is 1. The van der Waals surface area contributed by atoms with Gasteiger partial charge < -0.3 is 93.1 Å². The summed E-state index contributed by atoms with van der Waals surface area (Å²) in [6, 6.07) is 12.6. The van der Waals surface area contributed by atoms with Gasteiger partial charge in [-0.1, -0.05) is 115 Å². The smallest absolute Gasteiger partial charge is 0.242 e. The zero-order valence-corrected chi connectivity index (χ0v) is 76.8. The van der Waals surface area contributed by atoms with Crippen molar-refractivity contribution in [1.29, 1.82) is 0 Å². The van der Waals surface area contributed by atoms with Crippen molar-refractivity contribution in [2.45, 2.75) is 186 Å². The van der Waals surface area contributed by atoms with Gasteiger partial charge in [0.05, 0.1) is 156 Å². The summed E-state index contributed by atoms with van der Waals surface area (Å²) in [6.45, 7) is 22.7. The number of amides is 7. The van der Waals surface area contributed by atoms with Crippen LogP contribution in [0.5, 0.6) is 11.5 Å². The molecule has 7 amide bonds. The Balaban J connectivity index is 0.000000496. The normalized spacial score (nSPS) is 16.9. The molecule has 0 aromatic heterocycles. The fourth-order valence-corrected chi connectivity index (χ4v) is 16.1. The van der Waals surface area contributed by atoms with Crippen molar-refractivity contribution in [2.75, 3.05) is 250 Å². The number of hydrogen-bond acceptors (Lipinski definition) is 27. The third-order valence-electron chi connectivity index (χ3n) is 22.0. The highest BCUT2D eigenvalue weighted by atomic mass is 35.5. The number of ketones is 2. The number of nitrogens with zero attached hydrogens (tertiary/aromatic N) is 6. The molecule has 7 rings (SSSR count). The van der Waals surface area contributed by atoms with Crippen LogP contribution in [0.1, 0.15) is 180 Å². The van der Waals surface area contributed by atoms with E-state index in [4.69, 9.17) is 83.9 Å². The maximum Gasteiger partial charge on any atom is 0.242 e. The largest absolute Gasteiger partial charge is 0.454 e. The minimum atomic E-state index is -0.640. The maximum atomic E-state index is 14.1. The number of nitrogens with one attached hydrogen (secondary N) is 3. The monoisotopic (exact) mass is 1800 g/mol. The fraction of sp³-hybridized carbons (Fsp3) is 0.758. The van der Waals surface area contributed by atoms with Gasteiger partial charge in [-0.2, -0.15) is 0 Å². The number of amidine groups is 1. The number of ether oxygens (including phenoxy) is 13. The van der Waals surface area contributed by atoms with Gasteiger partial charge in [-0.15, -0.1) is 11.8 Å². The number of primary amides is 1. The molecule has 5 aliphatic rings. The van der Waals surface area contributed by atoms with Gasteiger partial charge >= 0.3 is 0 Å². The van der Waals surface area contributed by atoms with E-state index in [1.165, 1.54) is 55.2 Å². The number of hydrogen-bond donors (Lipinski definition) is 4. The summed E-state index contributed by atoms with van der Waals surface area (Å²) in [5.41, 5.74) is 7.03. The highest BCUT2D eigenvalue weighted by molar-refractivity contribution is 8.00. The lowest BCUT2D eigenvalue weighted by molar-refractivity contribution is -0.144. The SMILES string of the molecule is CCCCCCCCCCCC(=O)NC(CCCCCC(=O)CCOCCOCCOCCOCCOC)C(N)=O.CCCOCCOCCOCCOCCOCCOCCOCCCC(=O)CCN1C(=O)CC(SCCNC(=O)CN2CCN(CCNC(=O)C3CCCC[C@@H]3C(=O)N3CCN(C4=Nc5ccccc5Oc5ccc(Cl)cc54)CC3)CC2)C1=O. The van der Waals surface area contributed by atoms with Gasteiger partial charge in [0.15, 0.2) is 5.75 Å². The number of nitrogens with two attached hydrogens (primary N) is 1. The van der Waals surface area contributed by atoms with Crippen molar-refractivity contribution in [3.8, 4) is 11.5 Å². The van der Waals surface area contributed by atoms with Crippen LogP contribution in [0.15, 0.2) is 47.5 Å². The van der Waals surface area contributed by atoms with Gasteiger partial charge in [-0.3, -0.25) is 57.9 Å². The topological polar surface area (TPSA) is 364 Å². The van der Waals surface area contributed by atoms with E-state index in [0.29, 0.717) is 278 Å². The van der Waals surface area contributed by atoms with E-state index < -0.39 is 17.2 Å². The number of methoxy groups -OCH3 is 1. The van der Waals surface area contributed by atoms with Crippen molar-refractivity contribution in [2.24, 2.45) is 22.6 Å². The molecule has 0 bridgehead atoms. The molecule has 4 fully saturated rings. The predicted molar refractivity (Wildman–Crippen MR) is 480 cm³/mol. The summed E-state index contributed by atoms with van der Waals surface area (Å²) in [6.07, 6.45) is 20.1. The molecule has 125 heavy (non-hydrogen) atoms. The molecule has 34 heteroatoms. The number of para-hydroxylation sites is 2. The van der Waals surface area contributed by atoms with Gasteiger partial charge in [0, 0.05) is 160 Å². The molecular formula is C91H149ClN10O22S. The molecule has 0 spiro atoms. The van der Waals surface area contributed by atoms with Crippen molar-refractivity contribution >= 4 is 87.8 Å². The minimum Gasteiger partial charge on any atom is -0.454 e. The van der Waals surface area contributed by atoms with Crippen LogP contribution < -0.4 is 26.4 Å². The fourth-order valence-electron chi connectivity index (χ4n) is 14.9. The second-order valence-corrected chi connectivity index (χ2v) is 33.5. The number of fused-ring (bicyclic) bond motifs is 2. The molecule has 0 radical (unpaired) electrons. The molecule has 4 atom stereocenters. The molecule has 1 saturated carbocycles. The molecule has 708 valence electrons. The second-order valence-electron chi connectivity index (χ2n) is 31.8. The first-order valence-electron chi connectivity index (χ1n) is 46.2. The van der Waals surface area contributed by atoms with Crippen LogP contribution in [0.25, 0.3) is 0 Å². The number of imide groups is 1. The van der Waals surface area contributed by atoms with Gasteiger partial charge in [-0.25, -0.2) is 4.99 Å². The Bertz CT molecular complexity index is 3380. The van der Waals surface area contributed by atoms with Crippen LogP contribution in [0.3, 0.4) is 0 Å². The number of rotatable bonds is 71. The van der Waals surface area contributed by atoms with Crippen molar-refractivity contribution in [1.82, 2.24) is 40.4 Å². The predicted octanol–water partition coefficient (Wildman–Crippen LogP) is 8.95. The van der Waals surface area contributed by atoms with E-state index >= 15 is 0 Å². The van der Waals surface area contributed by atoms with Gasteiger partial charge in [0.25, 0.3) is 0 Å². The first kappa shape index (κ1) is 107. The Morgan fingerprint density at radius 1 is 0.520 bits per heavy atom. The summed E-state index contributed by atoms with van der Waals surface area (Å²) >= 11 is 7.80. The summed E-state index contributed by atoms with van der Waals surface area (Å²) < 4.78 is 71.1. The van der Waals surface area contributed by atoms with Gasteiger partial charge in [0.2, 0.25) is 41.4 Å². The number of likely N-dealkylation sites (tertiary alicyclic amines) is 1. The van der Waals surface area contributed by atoms with E-state index in [-0.39, 0.29) is 84.8 Å². The molecule has 4 heterocycles. The van der Waals surface area contributed by atoms with Gasteiger partial charge in [0.1, 0.15) is 34.9 Å². The van der Waals surface area contributed by atoms with Crippen LogP contribution >= 0.6 is 23.4 Å². The number of unbranched alkanes of at least 4 members (excludes halogenated alkanes) is 10. The summed E-state index contributed by atoms with van der Waals surface area (Å²) in [5.74, 6) is 0.710. The van der Waals surface area contributed by atoms with Crippen molar-refractivity contribution < 1.29 is 105 Å². The molecule has 1 aliphatic carbocycles. The number of aliphatic imine (C=N–C) groups is 1. The van der Waals surface area contributed by atoms with Crippen molar-refractivity contribution in [3.63, 3.8) is 0 Å². The zero-order valence-electron chi connectivity index (χ0n) is 75.2. The molecule has 4 aliphatic heterocycles. The Labute approximate surface area is 751 Å². The van der Waals surface area contributed by atoms with E-state index in [0.717, 1.165) is 94.6 Å². The summed E-state index contributed by atoms with van der Waals surface area (Å²) in [7, 11) is 1.63. The van der Waals surface area contributed by atoms with Crippen LogP contribution in [0.4, 0.5) is 5.69 Å². The molecule has 2 aromatic rings. The van der Waals surface area contributed by atoms with E-state index in [1.807, 2.05) is 41.3 Å². The third kappa shape index (κ3) is 47.1. The number of halogens is 1. The Kier molecular flexibility index (Phi) is 59.0. The molecule has 3 unspecified atom stereocenters. The summed E-state index contributed by atoms with van der Waals surface area (Å²) in [5, 5.41) is 8.95. The molecule has 32 nitrogen and oxygen atoms in total. The molecular weight excluding hydrogens is 1650 g/mol. The Morgan fingerprint density at radius 2 is 1.05 bits per heavy atom. The number of carbonyl (C=O) groups excluding carboxylic acids is 9. The van der Waals surface area contributed by atoms with Crippen molar-refractivity contribution in [3.05, 3.63) is 53.1 Å². The lowest BCUT2D eigenvalue weighted by Crippen LogP contribution is -2.54. The summed E-state index contributed by atoms with van der Waals surface area (Å²) in [4.78, 5) is 130. The van der Waals surface area contributed by atoms with E-state index in [1.54, 1.807) is 13.2 Å². The van der Waals surface area contributed by atoms with Crippen LogP contribution in [-0.2, 0) is 100.0 Å². The van der Waals surface area contributed by atoms with Crippen LogP contribution in [-0.4, -0.2) is 344 Å². The first-order chi connectivity index (χ1) is 61.1. The van der Waals surface area contributed by atoms with E-state index in [9.17, 15) is 43.2 Å². The van der Waals surface area contributed by atoms with E-state index in [2.05, 4.69) is 44.5 Å². The van der Waals surface area contributed by atoms with Gasteiger partial charge in [-0.05, 0) is 75.3 Å². The Morgan fingerprint density at radius 3 is 1.65 bits per heavy atom. The third-order valence-corrected chi connectivity index (χ3v) is 23.4. The average molecular weight is 1800 g/mol. The zero-order chi connectivity index (χ0) is 89.4. The Hall–Kier alpha value is -6.38. The van der Waals surface area contributed by atoms with Crippen LogP contribution in [0, 0.1) is 11.8 Å². The lowest BCUT2D eigenvalue weighted by atomic mass is 9.77. The highest BCUT2D eigenvalue weighted by Crippen LogP contribution is 2.40. The maximum absolute atomic E-state index is 14.1.